The fourth-order valence-electron chi connectivity index (χ4n) is 4.01. The summed E-state index contributed by atoms with van der Waals surface area (Å²) in [6.45, 7) is -0.119. The SMILES string of the molecule is N#C[C@H]1[C@H](c2ccc(-c3cccnc3)cc2)[C@H](CO)N1C(=O)C1CCC1. The molecule has 1 amide bonds. The van der Waals surface area contributed by atoms with E-state index < -0.39 is 6.04 Å². The molecule has 1 aromatic heterocycles. The molecule has 1 aromatic carbocycles. The van der Waals surface area contributed by atoms with Gasteiger partial charge in [0.15, 0.2) is 0 Å². The van der Waals surface area contributed by atoms with Crippen molar-refractivity contribution in [3.05, 3.63) is 54.4 Å². The third-order valence-electron chi connectivity index (χ3n) is 5.73. The number of carbonyl (C=O) groups is 1. The van der Waals surface area contributed by atoms with Crippen LogP contribution in [-0.4, -0.2) is 39.6 Å². The number of rotatable bonds is 4. The third kappa shape index (κ3) is 2.67. The lowest BCUT2D eigenvalue weighted by molar-refractivity contribution is -0.154. The van der Waals surface area contributed by atoms with E-state index in [1.54, 1.807) is 11.1 Å². The summed E-state index contributed by atoms with van der Waals surface area (Å²) >= 11 is 0. The minimum Gasteiger partial charge on any atom is -0.394 e. The van der Waals surface area contributed by atoms with E-state index in [0.29, 0.717) is 0 Å². The van der Waals surface area contributed by atoms with Gasteiger partial charge in [0, 0.05) is 24.2 Å². The minimum absolute atomic E-state index is 0.0325. The fraction of sp³-hybridized carbons (Fsp3) is 0.381. The maximum absolute atomic E-state index is 12.6. The van der Waals surface area contributed by atoms with Gasteiger partial charge in [-0.2, -0.15) is 5.26 Å². The molecular formula is C21H21N3O2. The number of nitriles is 1. The summed E-state index contributed by atoms with van der Waals surface area (Å²) < 4.78 is 0. The van der Waals surface area contributed by atoms with E-state index in [1.807, 2.05) is 42.6 Å². The maximum Gasteiger partial charge on any atom is 0.227 e. The van der Waals surface area contributed by atoms with Crippen LogP contribution in [0.3, 0.4) is 0 Å². The molecule has 3 atom stereocenters. The second-order valence-corrected chi connectivity index (χ2v) is 7.09. The van der Waals surface area contributed by atoms with E-state index in [4.69, 9.17) is 0 Å². The summed E-state index contributed by atoms with van der Waals surface area (Å²) in [4.78, 5) is 18.4. The molecule has 2 fully saturated rings. The Bertz CT molecular complexity index is 825. The van der Waals surface area contributed by atoms with E-state index in [9.17, 15) is 15.2 Å². The van der Waals surface area contributed by atoms with Crippen molar-refractivity contribution < 1.29 is 9.90 Å². The number of benzene rings is 1. The first-order chi connectivity index (χ1) is 12.7. The number of hydrogen-bond acceptors (Lipinski definition) is 4. The molecule has 2 aliphatic rings. The molecule has 1 aliphatic heterocycles. The summed E-state index contributed by atoms with van der Waals surface area (Å²) in [5.74, 6) is -0.0733. The second kappa shape index (κ2) is 6.89. The zero-order valence-electron chi connectivity index (χ0n) is 14.5. The van der Waals surface area contributed by atoms with Gasteiger partial charge in [0.05, 0.1) is 18.7 Å². The van der Waals surface area contributed by atoms with Crippen molar-refractivity contribution in [1.82, 2.24) is 9.88 Å². The van der Waals surface area contributed by atoms with Crippen molar-refractivity contribution in [2.45, 2.75) is 37.3 Å². The molecule has 0 bridgehead atoms. The number of aliphatic hydroxyl groups excluding tert-OH is 1. The lowest BCUT2D eigenvalue weighted by Crippen LogP contribution is -2.66. The Kier molecular flexibility index (Phi) is 4.44. The van der Waals surface area contributed by atoms with Crippen molar-refractivity contribution in [2.24, 2.45) is 5.92 Å². The molecule has 1 N–H and O–H groups in total. The molecule has 0 unspecified atom stereocenters. The van der Waals surface area contributed by atoms with Crippen molar-refractivity contribution >= 4 is 5.91 Å². The zero-order chi connectivity index (χ0) is 18.1. The van der Waals surface area contributed by atoms with Crippen LogP contribution in [0.4, 0.5) is 0 Å². The van der Waals surface area contributed by atoms with Crippen LogP contribution >= 0.6 is 0 Å². The molecule has 5 nitrogen and oxygen atoms in total. The standard InChI is InChI=1S/C21H21N3O2/c22-11-18-20(19(13-25)24(18)21(26)16-3-1-4-16)15-8-6-14(7-9-15)17-5-2-10-23-12-17/h2,5-10,12,16,18-20,25H,1,3-4,13H2/t18-,19-,20-/m0/s1. The van der Waals surface area contributed by atoms with Crippen LogP contribution in [-0.2, 0) is 4.79 Å². The summed E-state index contributed by atoms with van der Waals surface area (Å²) in [7, 11) is 0. The highest BCUT2D eigenvalue weighted by Crippen LogP contribution is 2.43. The van der Waals surface area contributed by atoms with Gasteiger partial charge in [-0.3, -0.25) is 9.78 Å². The molecule has 1 saturated carbocycles. The molecule has 0 radical (unpaired) electrons. The van der Waals surface area contributed by atoms with Crippen LogP contribution in [0.2, 0.25) is 0 Å². The summed E-state index contributed by atoms with van der Waals surface area (Å²) in [6, 6.07) is 13.4. The Balaban J connectivity index is 1.56. The van der Waals surface area contributed by atoms with Crippen LogP contribution in [0.15, 0.2) is 48.8 Å². The quantitative estimate of drug-likeness (QED) is 0.922. The largest absolute Gasteiger partial charge is 0.394 e. The summed E-state index contributed by atoms with van der Waals surface area (Å²) in [5, 5.41) is 19.5. The first kappa shape index (κ1) is 16.7. The highest BCUT2D eigenvalue weighted by atomic mass is 16.3. The molecule has 0 spiro atoms. The van der Waals surface area contributed by atoms with Crippen LogP contribution in [0.1, 0.15) is 30.7 Å². The van der Waals surface area contributed by atoms with Gasteiger partial charge in [0.2, 0.25) is 5.91 Å². The number of nitrogens with zero attached hydrogens (tertiary/aromatic N) is 3. The number of pyridine rings is 1. The van der Waals surface area contributed by atoms with Gasteiger partial charge >= 0.3 is 0 Å². The Morgan fingerprint density at radius 2 is 2.00 bits per heavy atom. The van der Waals surface area contributed by atoms with Gasteiger partial charge in [0.25, 0.3) is 0 Å². The number of aliphatic hydroxyl groups is 1. The number of aromatic nitrogens is 1. The van der Waals surface area contributed by atoms with Gasteiger partial charge in [-0.1, -0.05) is 36.8 Å². The molecule has 2 heterocycles. The lowest BCUT2D eigenvalue weighted by atomic mass is 9.73. The van der Waals surface area contributed by atoms with Gasteiger partial charge in [-0.25, -0.2) is 0 Å². The predicted molar refractivity (Wildman–Crippen MR) is 96.9 cm³/mol. The van der Waals surface area contributed by atoms with Gasteiger partial charge < -0.3 is 10.0 Å². The van der Waals surface area contributed by atoms with E-state index in [0.717, 1.165) is 36.0 Å². The first-order valence-corrected chi connectivity index (χ1v) is 9.07. The Labute approximate surface area is 152 Å². The Hall–Kier alpha value is -2.71. The Morgan fingerprint density at radius 1 is 1.23 bits per heavy atom. The van der Waals surface area contributed by atoms with E-state index in [-0.39, 0.29) is 30.4 Å². The normalized spacial score (nSPS) is 25.1. The van der Waals surface area contributed by atoms with E-state index in [2.05, 4.69) is 11.1 Å². The minimum atomic E-state index is -0.496. The van der Waals surface area contributed by atoms with Crippen molar-refractivity contribution in [3.8, 4) is 17.2 Å². The molecule has 4 rings (SSSR count). The highest BCUT2D eigenvalue weighted by molar-refractivity contribution is 5.82. The van der Waals surface area contributed by atoms with Crippen LogP contribution in [0, 0.1) is 17.2 Å². The lowest BCUT2D eigenvalue weighted by Gasteiger charge is -2.53. The fourth-order valence-corrected chi connectivity index (χ4v) is 4.01. The molecule has 1 aliphatic carbocycles. The topological polar surface area (TPSA) is 77.2 Å². The van der Waals surface area contributed by atoms with Gasteiger partial charge in [-0.15, -0.1) is 0 Å². The van der Waals surface area contributed by atoms with Crippen LogP contribution < -0.4 is 0 Å². The zero-order valence-corrected chi connectivity index (χ0v) is 14.5. The molecule has 5 heteroatoms. The molecule has 2 aromatic rings. The first-order valence-electron chi connectivity index (χ1n) is 9.07. The van der Waals surface area contributed by atoms with Crippen molar-refractivity contribution in [2.75, 3.05) is 6.61 Å². The summed E-state index contributed by atoms with van der Waals surface area (Å²) in [6.07, 6.45) is 6.42. The van der Waals surface area contributed by atoms with Crippen molar-refractivity contribution in [1.29, 1.82) is 5.26 Å². The highest BCUT2D eigenvalue weighted by Gasteiger charge is 2.53. The number of likely N-dealkylation sites (tertiary alicyclic amines) is 1. The Morgan fingerprint density at radius 3 is 2.54 bits per heavy atom. The van der Waals surface area contributed by atoms with Gasteiger partial charge in [0.1, 0.15) is 6.04 Å². The third-order valence-corrected chi connectivity index (χ3v) is 5.73. The average molecular weight is 347 g/mol. The van der Waals surface area contributed by atoms with Crippen LogP contribution in [0.25, 0.3) is 11.1 Å². The number of carbonyl (C=O) groups excluding carboxylic acids is 1. The molecular weight excluding hydrogens is 326 g/mol. The molecule has 132 valence electrons. The van der Waals surface area contributed by atoms with E-state index >= 15 is 0 Å². The van der Waals surface area contributed by atoms with E-state index in [1.165, 1.54) is 0 Å². The average Bonchev–Trinajstić information content (AvgIpc) is 2.61. The number of hydrogen-bond donors (Lipinski definition) is 1. The molecule has 1 saturated heterocycles. The maximum atomic E-state index is 12.6. The second-order valence-electron chi connectivity index (χ2n) is 7.09. The van der Waals surface area contributed by atoms with Crippen LogP contribution in [0.5, 0.6) is 0 Å². The summed E-state index contributed by atoms with van der Waals surface area (Å²) in [5.41, 5.74) is 3.07. The number of amides is 1. The molecule has 26 heavy (non-hydrogen) atoms. The monoisotopic (exact) mass is 347 g/mol. The smallest absolute Gasteiger partial charge is 0.227 e. The van der Waals surface area contributed by atoms with Crippen molar-refractivity contribution in [3.63, 3.8) is 0 Å². The van der Waals surface area contributed by atoms with Gasteiger partial charge in [-0.05, 0) is 35.6 Å². The predicted octanol–water partition coefficient (Wildman–Crippen LogP) is 2.73.